The summed E-state index contributed by atoms with van der Waals surface area (Å²) >= 11 is 1.34. The number of anilines is 1. The van der Waals surface area contributed by atoms with E-state index in [1.807, 2.05) is 42.7 Å². The van der Waals surface area contributed by atoms with E-state index in [0.29, 0.717) is 16.4 Å². The van der Waals surface area contributed by atoms with Crippen molar-refractivity contribution in [3.05, 3.63) is 66.0 Å². The van der Waals surface area contributed by atoms with Gasteiger partial charge >= 0.3 is 0 Å². The van der Waals surface area contributed by atoms with Gasteiger partial charge in [0.15, 0.2) is 5.16 Å². The van der Waals surface area contributed by atoms with Gasteiger partial charge in [-0.05, 0) is 49.7 Å². The number of benzene rings is 2. The summed E-state index contributed by atoms with van der Waals surface area (Å²) in [4.78, 5) is 12.5. The molecule has 26 heavy (non-hydrogen) atoms. The molecule has 0 unspecified atom stereocenters. The zero-order valence-electron chi connectivity index (χ0n) is 14.4. The summed E-state index contributed by atoms with van der Waals surface area (Å²) in [5, 5.41) is 20.1. The maximum atomic E-state index is 12.5. The maximum Gasteiger partial charge on any atom is 0.237 e. The number of thioether (sulfide) groups is 1. The second-order valence-electron chi connectivity index (χ2n) is 5.71. The van der Waals surface area contributed by atoms with E-state index < -0.39 is 0 Å². The Morgan fingerprint density at radius 2 is 1.96 bits per heavy atom. The highest BCUT2D eigenvalue weighted by molar-refractivity contribution is 8.00. The molecule has 0 bridgehead atoms. The minimum atomic E-state index is -0.363. The van der Waals surface area contributed by atoms with Crippen LogP contribution in [0.4, 0.5) is 5.69 Å². The Kier molecular flexibility index (Phi) is 5.34. The van der Waals surface area contributed by atoms with Crippen LogP contribution in [0.1, 0.15) is 18.1 Å². The van der Waals surface area contributed by atoms with Gasteiger partial charge in [-0.15, -0.1) is 10.2 Å². The highest BCUT2D eigenvalue weighted by Gasteiger charge is 2.19. The Balaban J connectivity index is 1.71. The standard InChI is InChI=1S/C19H17N5OS/c1-13-5-3-4-6-17(13)24-12-21-23-19(24)26-14(2)18(25)22-16-9-7-15(11-20)8-10-16/h3-10,12,14H,1-2H3,(H,22,25)/t14-/m0/s1. The third-order valence-electron chi connectivity index (χ3n) is 3.82. The van der Waals surface area contributed by atoms with Gasteiger partial charge in [0.1, 0.15) is 6.33 Å². The molecule has 1 atom stereocenters. The molecule has 0 radical (unpaired) electrons. The molecule has 0 aliphatic rings. The molecule has 0 saturated heterocycles. The summed E-state index contributed by atoms with van der Waals surface area (Å²) in [5.74, 6) is -0.140. The topological polar surface area (TPSA) is 83.6 Å². The molecular formula is C19H17N5OS. The lowest BCUT2D eigenvalue weighted by atomic mass is 10.2. The lowest BCUT2D eigenvalue weighted by Crippen LogP contribution is -2.22. The van der Waals surface area contributed by atoms with Crippen molar-refractivity contribution in [2.24, 2.45) is 0 Å². The van der Waals surface area contributed by atoms with Crippen molar-refractivity contribution in [2.45, 2.75) is 24.3 Å². The van der Waals surface area contributed by atoms with Gasteiger partial charge < -0.3 is 5.32 Å². The zero-order valence-corrected chi connectivity index (χ0v) is 15.2. The quantitative estimate of drug-likeness (QED) is 0.701. The number of carbonyl (C=O) groups is 1. The van der Waals surface area contributed by atoms with E-state index in [-0.39, 0.29) is 11.2 Å². The fraction of sp³-hybridized carbons (Fsp3) is 0.158. The highest BCUT2D eigenvalue weighted by Crippen LogP contribution is 2.26. The predicted octanol–water partition coefficient (Wildman–Crippen LogP) is 3.57. The maximum absolute atomic E-state index is 12.5. The van der Waals surface area contributed by atoms with Gasteiger partial charge in [0.25, 0.3) is 0 Å². The van der Waals surface area contributed by atoms with Crippen molar-refractivity contribution in [3.63, 3.8) is 0 Å². The third-order valence-corrected chi connectivity index (χ3v) is 4.88. The Morgan fingerprint density at radius 3 is 2.65 bits per heavy atom. The molecule has 3 aromatic rings. The van der Waals surface area contributed by atoms with Gasteiger partial charge in [-0.3, -0.25) is 9.36 Å². The summed E-state index contributed by atoms with van der Waals surface area (Å²) < 4.78 is 1.88. The number of para-hydroxylation sites is 1. The van der Waals surface area contributed by atoms with E-state index in [0.717, 1.165) is 11.3 Å². The van der Waals surface area contributed by atoms with E-state index in [2.05, 4.69) is 21.6 Å². The number of nitrogens with zero attached hydrogens (tertiary/aromatic N) is 4. The van der Waals surface area contributed by atoms with Crippen LogP contribution in [0, 0.1) is 18.3 Å². The van der Waals surface area contributed by atoms with E-state index in [4.69, 9.17) is 5.26 Å². The molecule has 1 amide bonds. The van der Waals surface area contributed by atoms with Crippen LogP contribution < -0.4 is 5.32 Å². The molecule has 1 heterocycles. The lowest BCUT2D eigenvalue weighted by Gasteiger charge is -2.13. The van der Waals surface area contributed by atoms with Gasteiger partial charge in [0, 0.05) is 5.69 Å². The summed E-state index contributed by atoms with van der Waals surface area (Å²) in [6.45, 7) is 3.84. The fourth-order valence-corrected chi connectivity index (χ4v) is 3.22. The van der Waals surface area contributed by atoms with Crippen molar-refractivity contribution in [1.82, 2.24) is 14.8 Å². The first-order valence-electron chi connectivity index (χ1n) is 8.02. The Bertz CT molecular complexity index is 959. The molecule has 0 spiro atoms. The monoisotopic (exact) mass is 363 g/mol. The largest absolute Gasteiger partial charge is 0.325 e. The van der Waals surface area contributed by atoms with E-state index >= 15 is 0 Å². The first-order chi connectivity index (χ1) is 12.6. The van der Waals surface area contributed by atoms with Gasteiger partial charge in [-0.1, -0.05) is 30.0 Å². The molecular weight excluding hydrogens is 346 g/mol. The number of rotatable bonds is 5. The first kappa shape index (κ1) is 17.7. The van der Waals surface area contributed by atoms with Crippen LogP contribution in [-0.2, 0) is 4.79 Å². The average molecular weight is 363 g/mol. The number of aromatic nitrogens is 3. The number of amides is 1. The molecule has 130 valence electrons. The van der Waals surface area contributed by atoms with E-state index in [1.54, 1.807) is 30.6 Å². The van der Waals surface area contributed by atoms with Crippen LogP contribution in [0.15, 0.2) is 60.0 Å². The third kappa shape index (κ3) is 3.92. The fourth-order valence-electron chi connectivity index (χ4n) is 2.39. The second kappa shape index (κ2) is 7.85. The molecule has 7 heteroatoms. The summed E-state index contributed by atoms with van der Waals surface area (Å²) in [6, 6.07) is 16.8. The number of nitrogens with one attached hydrogen (secondary N) is 1. The van der Waals surface area contributed by atoms with E-state index in [9.17, 15) is 4.79 Å². The SMILES string of the molecule is Cc1ccccc1-n1cnnc1S[C@@H](C)C(=O)Nc1ccc(C#N)cc1. The van der Waals surface area contributed by atoms with Crippen LogP contribution in [0.2, 0.25) is 0 Å². The first-order valence-corrected chi connectivity index (χ1v) is 8.90. The molecule has 1 aromatic heterocycles. The predicted molar refractivity (Wildman–Crippen MR) is 101 cm³/mol. The number of carbonyl (C=O) groups excluding carboxylic acids is 1. The van der Waals surface area contributed by atoms with Crippen molar-refractivity contribution < 1.29 is 4.79 Å². The lowest BCUT2D eigenvalue weighted by molar-refractivity contribution is -0.115. The van der Waals surface area contributed by atoms with Crippen molar-refractivity contribution in [1.29, 1.82) is 5.26 Å². The molecule has 0 saturated carbocycles. The molecule has 0 aliphatic heterocycles. The van der Waals surface area contributed by atoms with Gasteiger partial charge in [-0.2, -0.15) is 5.26 Å². The van der Waals surface area contributed by atoms with E-state index in [1.165, 1.54) is 11.8 Å². The Morgan fingerprint density at radius 1 is 1.23 bits per heavy atom. The average Bonchev–Trinajstić information content (AvgIpc) is 3.10. The molecule has 6 nitrogen and oxygen atoms in total. The van der Waals surface area contributed by atoms with Gasteiger partial charge in [0.05, 0.1) is 22.6 Å². The summed E-state index contributed by atoms with van der Waals surface area (Å²) in [5.41, 5.74) is 3.29. The summed E-state index contributed by atoms with van der Waals surface area (Å²) in [7, 11) is 0. The molecule has 2 aromatic carbocycles. The number of hydrogen-bond donors (Lipinski definition) is 1. The molecule has 0 aliphatic carbocycles. The Hall–Kier alpha value is -3.11. The van der Waals surface area contributed by atoms with Crippen molar-refractivity contribution >= 4 is 23.4 Å². The normalized spacial score (nSPS) is 11.6. The molecule has 1 N–H and O–H groups in total. The van der Waals surface area contributed by atoms with Crippen LogP contribution in [0.25, 0.3) is 5.69 Å². The number of nitriles is 1. The molecule has 3 rings (SSSR count). The smallest absolute Gasteiger partial charge is 0.237 e. The number of hydrogen-bond acceptors (Lipinski definition) is 5. The highest BCUT2D eigenvalue weighted by atomic mass is 32.2. The minimum Gasteiger partial charge on any atom is -0.325 e. The number of aryl methyl sites for hydroxylation is 1. The van der Waals surface area contributed by atoms with Crippen LogP contribution >= 0.6 is 11.8 Å². The van der Waals surface area contributed by atoms with Gasteiger partial charge in [0.2, 0.25) is 5.91 Å². The minimum absolute atomic E-state index is 0.140. The van der Waals surface area contributed by atoms with Crippen LogP contribution in [-0.4, -0.2) is 25.9 Å². The van der Waals surface area contributed by atoms with Crippen LogP contribution in [0.3, 0.4) is 0 Å². The van der Waals surface area contributed by atoms with Gasteiger partial charge in [-0.25, -0.2) is 0 Å². The Labute approximate surface area is 155 Å². The summed E-state index contributed by atoms with van der Waals surface area (Å²) in [6.07, 6.45) is 1.65. The second-order valence-corrected chi connectivity index (χ2v) is 7.02. The van der Waals surface area contributed by atoms with Crippen LogP contribution in [0.5, 0.6) is 0 Å². The van der Waals surface area contributed by atoms with Crippen molar-refractivity contribution in [3.8, 4) is 11.8 Å². The zero-order chi connectivity index (χ0) is 18.5. The van der Waals surface area contributed by atoms with Crippen molar-refractivity contribution in [2.75, 3.05) is 5.32 Å². The molecule has 0 fully saturated rings.